The second-order valence-electron chi connectivity index (χ2n) is 3.81. The van der Waals surface area contributed by atoms with E-state index >= 15 is 0 Å². The van der Waals surface area contributed by atoms with Crippen LogP contribution in [0.3, 0.4) is 0 Å². The van der Waals surface area contributed by atoms with Gasteiger partial charge in [0.15, 0.2) is 0 Å². The van der Waals surface area contributed by atoms with Gasteiger partial charge in [-0.3, -0.25) is 4.79 Å². The van der Waals surface area contributed by atoms with E-state index in [9.17, 15) is 4.79 Å². The highest BCUT2D eigenvalue weighted by atomic mass is 32.2. The summed E-state index contributed by atoms with van der Waals surface area (Å²) in [5.74, 6) is 0.631. The fourth-order valence-corrected chi connectivity index (χ4v) is 1.97. The number of thioether (sulfide) groups is 1. The molecule has 0 aliphatic heterocycles. The van der Waals surface area contributed by atoms with E-state index < -0.39 is 0 Å². The van der Waals surface area contributed by atoms with Gasteiger partial charge in [0.25, 0.3) is 0 Å². The molecule has 16 heavy (non-hydrogen) atoms. The van der Waals surface area contributed by atoms with Gasteiger partial charge >= 0.3 is 0 Å². The van der Waals surface area contributed by atoms with Gasteiger partial charge in [-0.05, 0) is 25.5 Å². The second-order valence-corrected chi connectivity index (χ2v) is 4.85. The fourth-order valence-electron chi connectivity index (χ4n) is 1.24. The van der Waals surface area contributed by atoms with Gasteiger partial charge in [0.05, 0.1) is 5.75 Å². The van der Waals surface area contributed by atoms with Crippen molar-refractivity contribution in [2.75, 3.05) is 12.3 Å². The molecule has 0 aliphatic rings. The maximum atomic E-state index is 11.4. The predicted octanol–water partition coefficient (Wildman–Crippen LogP) is 3.00. The van der Waals surface area contributed by atoms with Crippen LogP contribution >= 0.6 is 11.8 Å². The number of benzene rings is 1. The van der Waals surface area contributed by atoms with E-state index in [1.807, 2.05) is 0 Å². The molecule has 0 aliphatic carbocycles. The third kappa shape index (κ3) is 5.21. The summed E-state index contributed by atoms with van der Waals surface area (Å²) < 4.78 is 0. The minimum atomic E-state index is 0.124. The van der Waals surface area contributed by atoms with Crippen LogP contribution in [0.4, 0.5) is 0 Å². The van der Waals surface area contributed by atoms with Crippen molar-refractivity contribution in [1.82, 2.24) is 5.32 Å². The smallest absolute Gasteiger partial charge is 0.230 e. The average molecular weight is 237 g/mol. The van der Waals surface area contributed by atoms with Crippen molar-refractivity contribution in [3.8, 4) is 0 Å². The first kappa shape index (κ1) is 13.1. The number of hydrogen-bond acceptors (Lipinski definition) is 2. The molecule has 0 radical (unpaired) electrons. The van der Waals surface area contributed by atoms with E-state index in [1.165, 1.54) is 5.56 Å². The topological polar surface area (TPSA) is 29.1 Å². The molecular formula is C13H19NOS. The lowest BCUT2D eigenvalue weighted by Crippen LogP contribution is -2.25. The molecular weight excluding hydrogens is 218 g/mol. The number of nitrogens with one attached hydrogen (secondary N) is 1. The summed E-state index contributed by atoms with van der Waals surface area (Å²) in [6.45, 7) is 4.98. The summed E-state index contributed by atoms with van der Waals surface area (Å²) >= 11 is 1.58. The largest absolute Gasteiger partial charge is 0.355 e. The summed E-state index contributed by atoms with van der Waals surface area (Å²) in [6, 6.07) is 8.24. The number of hydrogen-bond donors (Lipinski definition) is 1. The van der Waals surface area contributed by atoms with Crippen LogP contribution in [-0.2, 0) is 4.79 Å². The average Bonchev–Trinajstić information content (AvgIpc) is 2.29. The molecule has 1 aromatic rings. The first-order valence-electron chi connectivity index (χ1n) is 5.68. The van der Waals surface area contributed by atoms with Crippen LogP contribution in [-0.4, -0.2) is 18.2 Å². The van der Waals surface area contributed by atoms with Gasteiger partial charge < -0.3 is 5.32 Å². The Labute approximate surface area is 102 Å². The first-order valence-corrected chi connectivity index (χ1v) is 6.67. The van der Waals surface area contributed by atoms with Crippen LogP contribution in [0.2, 0.25) is 0 Å². The zero-order chi connectivity index (χ0) is 11.8. The lowest BCUT2D eigenvalue weighted by molar-refractivity contribution is -0.118. The molecule has 0 fully saturated rings. The van der Waals surface area contributed by atoms with Crippen molar-refractivity contribution >= 4 is 17.7 Å². The normalized spacial score (nSPS) is 10.1. The molecule has 0 saturated heterocycles. The Bertz CT molecular complexity index is 321. The Balaban J connectivity index is 2.23. The molecule has 2 nitrogen and oxygen atoms in total. The molecule has 0 bridgehead atoms. The number of aryl methyl sites for hydroxylation is 1. The van der Waals surface area contributed by atoms with Crippen molar-refractivity contribution in [1.29, 1.82) is 0 Å². The molecule has 0 saturated carbocycles. The van der Waals surface area contributed by atoms with Crippen LogP contribution in [0.1, 0.15) is 25.3 Å². The van der Waals surface area contributed by atoms with Crippen LogP contribution in [0.5, 0.6) is 0 Å². The molecule has 0 heterocycles. The standard InChI is InChI=1S/C13H19NOS/c1-3-4-9-14-13(15)10-16-12-7-5-11(2)6-8-12/h5-8H,3-4,9-10H2,1-2H3,(H,14,15). The molecule has 1 N–H and O–H groups in total. The van der Waals surface area contributed by atoms with E-state index in [2.05, 4.69) is 43.4 Å². The summed E-state index contributed by atoms with van der Waals surface area (Å²) in [5.41, 5.74) is 1.25. The number of unbranched alkanes of at least 4 members (excludes halogenated alkanes) is 1. The highest BCUT2D eigenvalue weighted by Crippen LogP contribution is 2.17. The lowest BCUT2D eigenvalue weighted by atomic mass is 10.2. The predicted molar refractivity (Wildman–Crippen MR) is 69.8 cm³/mol. The van der Waals surface area contributed by atoms with Gasteiger partial charge in [0.1, 0.15) is 0 Å². The third-order valence-corrected chi connectivity index (χ3v) is 3.26. The summed E-state index contributed by atoms with van der Waals surface area (Å²) in [6.07, 6.45) is 2.17. The second kappa shape index (κ2) is 7.34. The van der Waals surface area contributed by atoms with E-state index in [0.29, 0.717) is 5.75 Å². The Morgan fingerprint density at radius 2 is 2.00 bits per heavy atom. The third-order valence-electron chi connectivity index (χ3n) is 2.24. The summed E-state index contributed by atoms with van der Waals surface area (Å²) in [4.78, 5) is 12.6. The molecule has 1 rings (SSSR count). The van der Waals surface area contributed by atoms with Crippen LogP contribution in [0, 0.1) is 6.92 Å². The monoisotopic (exact) mass is 237 g/mol. The molecule has 0 aromatic heterocycles. The lowest BCUT2D eigenvalue weighted by Gasteiger charge is -2.04. The Hall–Kier alpha value is -0.960. The van der Waals surface area contributed by atoms with Gasteiger partial charge in [-0.2, -0.15) is 0 Å². The zero-order valence-electron chi connectivity index (χ0n) is 9.95. The van der Waals surface area contributed by atoms with Crippen LogP contribution < -0.4 is 5.32 Å². The minimum Gasteiger partial charge on any atom is -0.355 e. The summed E-state index contributed by atoms with van der Waals surface area (Å²) in [7, 11) is 0. The quantitative estimate of drug-likeness (QED) is 0.608. The van der Waals surface area contributed by atoms with Crippen LogP contribution in [0.25, 0.3) is 0 Å². The van der Waals surface area contributed by atoms with Crippen molar-refractivity contribution in [2.24, 2.45) is 0 Å². The maximum Gasteiger partial charge on any atom is 0.230 e. The molecule has 0 spiro atoms. The highest BCUT2D eigenvalue weighted by molar-refractivity contribution is 8.00. The fraction of sp³-hybridized carbons (Fsp3) is 0.462. The van der Waals surface area contributed by atoms with E-state index in [4.69, 9.17) is 0 Å². The van der Waals surface area contributed by atoms with Crippen molar-refractivity contribution in [2.45, 2.75) is 31.6 Å². The zero-order valence-corrected chi connectivity index (χ0v) is 10.8. The maximum absolute atomic E-state index is 11.4. The SMILES string of the molecule is CCCCNC(=O)CSc1ccc(C)cc1. The molecule has 88 valence electrons. The van der Waals surface area contributed by atoms with Crippen molar-refractivity contribution < 1.29 is 4.79 Å². The Kier molecular flexibility index (Phi) is 6.01. The molecule has 0 atom stereocenters. The summed E-state index contributed by atoms with van der Waals surface area (Å²) in [5, 5.41) is 2.91. The molecule has 3 heteroatoms. The van der Waals surface area contributed by atoms with E-state index in [0.717, 1.165) is 24.3 Å². The van der Waals surface area contributed by atoms with Crippen LogP contribution in [0.15, 0.2) is 29.2 Å². The minimum absolute atomic E-state index is 0.124. The van der Waals surface area contributed by atoms with E-state index in [-0.39, 0.29) is 5.91 Å². The van der Waals surface area contributed by atoms with Crippen molar-refractivity contribution in [3.63, 3.8) is 0 Å². The van der Waals surface area contributed by atoms with Gasteiger partial charge in [0.2, 0.25) is 5.91 Å². The number of carbonyl (C=O) groups excluding carboxylic acids is 1. The Morgan fingerprint density at radius 1 is 1.31 bits per heavy atom. The first-order chi connectivity index (χ1) is 7.72. The molecule has 0 unspecified atom stereocenters. The van der Waals surface area contributed by atoms with Gasteiger partial charge in [-0.15, -0.1) is 11.8 Å². The van der Waals surface area contributed by atoms with Gasteiger partial charge in [-0.1, -0.05) is 31.0 Å². The van der Waals surface area contributed by atoms with Crippen molar-refractivity contribution in [3.05, 3.63) is 29.8 Å². The molecule has 1 aromatic carbocycles. The molecule has 1 amide bonds. The highest BCUT2D eigenvalue weighted by Gasteiger charge is 2.01. The number of carbonyl (C=O) groups is 1. The number of amides is 1. The van der Waals surface area contributed by atoms with E-state index in [1.54, 1.807) is 11.8 Å². The van der Waals surface area contributed by atoms with Gasteiger partial charge in [-0.25, -0.2) is 0 Å². The number of rotatable bonds is 6. The Morgan fingerprint density at radius 3 is 2.62 bits per heavy atom. The van der Waals surface area contributed by atoms with Gasteiger partial charge in [0, 0.05) is 11.4 Å².